The number of aryl methyl sites for hydroxylation is 3. The number of carboxylic acid groups (broad SMARTS) is 3. The molecule has 0 aromatic heterocycles. The van der Waals surface area contributed by atoms with Gasteiger partial charge in [-0.15, -0.1) is 0 Å². The standard InChI is InChI=1S/3C8H8O2.Sb/c3*1-6-2-4-7(5-3-6)8(9)10;/h3*2-5H,1H3,(H,9,10);/q;;;+3/p-3. The van der Waals surface area contributed by atoms with Crippen molar-refractivity contribution in [1.82, 2.24) is 0 Å². The molecule has 0 aliphatic heterocycles. The van der Waals surface area contributed by atoms with Crippen LogP contribution in [-0.4, -0.2) is 42.3 Å². The zero-order chi connectivity index (χ0) is 22.7. The Balaban J connectivity index is 0.000000429. The van der Waals surface area contributed by atoms with Crippen molar-refractivity contribution in [3.05, 3.63) is 106 Å². The summed E-state index contributed by atoms with van der Waals surface area (Å²) in [6.07, 6.45) is 0. The molecule has 0 saturated heterocycles. The fourth-order valence-corrected chi connectivity index (χ4v) is 2.07. The summed E-state index contributed by atoms with van der Waals surface area (Å²) in [6, 6.07) is 19.6. The Labute approximate surface area is 198 Å². The van der Waals surface area contributed by atoms with Gasteiger partial charge in [0.05, 0.1) is 17.9 Å². The molecule has 0 heterocycles. The molecule has 0 amide bonds. The van der Waals surface area contributed by atoms with Crippen LogP contribution < -0.4 is 15.3 Å². The SMILES string of the molecule is Cc1ccc(C(=O)[O-])cc1.Cc1ccc(C(=O)[O-])cc1.Cc1ccc(C(=O)[O-])cc1.[Sb+3]. The zero-order valence-corrected chi connectivity index (χ0v) is 19.9. The van der Waals surface area contributed by atoms with E-state index in [0.717, 1.165) is 16.7 Å². The van der Waals surface area contributed by atoms with E-state index in [9.17, 15) is 29.7 Å². The number of hydrogen-bond donors (Lipinski definition) is 0. The molecular weight excluding hydrogens is 506 g/mol. The van der Waals surface area contributed by atoms with E-state index < -0.39 is 17.9 Å². The largest absolute Gasteiger partial charge is 3.00 e. The van der Waals surface area contributed by atoms with Crippen molar-refractivity contribution >= 4 is 42.3 Å². The van der Waals surface area contributed by atoms with Crippen LogP contribution >= 0.6 is 0 Å². The van der Waals surface area contributed by atoms with Crippen LogP contribution in [0.3, 0.4) is 0 Å². The van der Waals surface area contributed by atoms with Gasteiger partial charge in [0.2, 0.25) is 0 Å². The summed E-state index contributed by atoms with van der Waals surface area (Å²) < 4.78 is 0. The number of rotatable bonds is 3. The summed E-state index contributed by atoms with van der Waals surface area (Å²) in [5.74, 6) is -3.37. The summed E-state index contributed by atoms with van der Waals surface area (Å²) >= 11 is 0. The number of aromatic carboxylic acids is 3. The van der Waals surface area contributed by atoms with Gasteiger partial charge in [0, 0.05) is 0 Å². The van der Waals surface area contributed by atoms with E-state index in [1.54, 1.807) is 36.4 Å². The Morgan fingerprint density at radius 3 is 0.742 bits per heavy atom. The number of carbonyl (C=O) groups is 3. The molecule has 0 fully saturated rings. The molecule has 6 nitrogen and oxygen atoms in total. The average molecular weight is 527 g/mol. The average Bonchev–Trinajstić information content (AvgIpc) is 2.70. The van der Waals surface area contributed by atoms with Gasteiger partial charge >= 0.3 is 24.4 Å². The minimum Gasteiger partial charge on any atom is -0.545 e. The van der Waals surface area contributed by atoms with Crippen LogP contribution in [0.2, 0.25) is 0 Å². The maximum absolute atomic E-state index is 10.2. The Morgan fingerprint density at radius 2 is 0.613 bits per heavy atom. The third kappa shape index (κ3) is 11.0. The van der Waals surface area contributed by atoms with Gasteiger partial charge in [0.25, 0.3) is 0 Å². The summed E-state index contributed by atoms with van der Waals surface area (Å²) in [6.45, 7) is 5.71. The summed E-state index contributed by atoms with van der Waals surface area (Å²) in [7, 11) is 0. The normalized spacial score (nSPS) is 9.00. The van der Waals surface area contributed by atoms with Gasteiger partial charge in [0.1, 0.15) is 0 Å². The van der Waals surface area contributed by atoms with Crippen LogP contribution in [0.4, 0.5) is 0 Å². The minimum absolute atomic E-state index is 0. The molecule has 3 rings (SSSR count). The second kappa shape index (κ2) is 14.0. The van der Waals surface area contributed by atoms with E-state index >= 15 is 0 Å². The van der Waals surface area contributed by atoms with Crippen LogP contribution in [0.25, 0.3) is 0 Å². The zero-order valence-electron chi connectivity index (χ0n) is 17.3. The molecule has 3 aromatic carbocycles. The van der Waals surface area contributed by atoms with Crippen LogP contribution in [0, 0.1) is 20.8 Å². The molecular formula is C24H21O6Sb. The molecule has 0 atom stereocenters. The van der Waals surface area contributed by atoms with Crippen molar-refractivity contribution in [2.24, 2.45) is 0 Å². The van der Waals surface area contributed by atoms with Crippen LogP contribution in [-0.2, 0) is 0 Å². The van der Waals surface area contributed by atoms with Gasteiger partial charge < -0.3 is 29.7 Å². The number of carboxylic acids is 3. The number of carbonyl (C=O) groups excluding carboxylic acids is 3. The van der Waals surface area contributed by atoms with Crippen molar-refractivity contribution < 1.29 is 29.7 Å². The molecule has 2 radical (unpaired) electrons. The van der Waals surface area contributed by atoms with Crippen molar-refractivity contribution in [3.63, 3.8) is 0 Å². The Morgan fingerprint density at radius 1 is 0.452 bits per heavy atom. The molecule has 0 N–H and O–H groups in total. The van der Waals surface area contributed by atoms with Crippen molar-refractivity contribution in [2.45, 2.75) is 20.8 Å². The van der Waals surface area contributed by atoms with Crippen molar-refractivity contribution in [3.8, 4) is 0 Å². The fraction of sp³-hybridized carbons (Fsp3) is 0.125. The maximum atomic E-state index is 10.2. The molecule has 0 unspecified atom stereocenters. The molecule has 0 saturated carbocycles. The van der Waals surface area contributed by atoms with Crippen LogP contribution in [0.15, 0.2) is 72.8 Å². The van der Waals surface area contributed by atoms with Gasteiger partial charge in [-0.05, 0) is 37.5 Å². The van der Waals surface area contributed by atoms with E-state index in [2.05, 4.69) is 0 Å². The maximum Gasteiger partial charge on any atom is 3.00 e. The molecule has 0 aliphatic rings. The second-order valence-corrected chi connectivity index (χ2v) is 6.46. The Hall–Kier alpha value is -3.11. The quantitative estimate of drug-likeness (QED) is 0.463. The Kier molecular flexibility index (Phi) is 12.6. The molecule has 0 bridgehead atoms. The van der Waals surface area contributed by atoms with E-state index in [4.69, 9.17) is 0 Å². The van der Waals surface area contributed by atoms with E-state index in [1.807, 2.05) is 20.8 Å². The molecule has 7 heteroatoms. The minimum atomic E-state index is -1.12. The van der Waals surface area contributed by atoms with Crippen molar-refractivity contribution in [2.75, 3.05) is 0 Å². The first-order valence-electron chi connectivity index (χ1n) is 8.94. The predicted octanol–water partition coefficient (Wildman–Crippen LogP) is 0.695. The first-order valence-corrected chi connectivity index (χ1v) is 8.94. The summed E-state index contributed by atoms with van der Waals surface area (Å²) in [5, 5.41) is 30.6. The van der Waals surface area contributed by atoms with Gasteiger partial charge in [-0.25, -0.2) is 0 Å². The van der Waals surface area contributed by atoms with Gasteiger partial charge in [-0.3, -0.25) is 0 Å². The Bertz CT molecular complexity index is 846. The smallest absolute Gasteiger partial charge is 0.545 e. The molecule has 0 aliphatic carbocycles. The first kappa shape index (κ1) is 27.9. The van der Waals surface area contributed by atoms with Crippen LogP contribution in [0.5, 0.6) is 0 Å². The van der Waals surface area contributed by atoms with E-state index in [-0.39, 0.29) is 41.1 Å². The molecule has 3 aromatic rings. The second-order valence-electron chi connectivity index (χ2n) is 6.46. The van der Waals surface area contributed by atoms with Crippen molar-refractivity contribution in [1.29, 1.82) is 0 Å². The topological polar surface area (TPSA) is 120 Å². The third-order valence-electron chi connectivity index (χ3n) is 3.86. The number of hydrogen-bond acceptors (Lipinski definition) is 6. The van der Waals surface area contributed by atoms with Gasteiger partial charge in [0.15, 0.2) is 0 Å². The molecule has 31 heavy (non-hydrogen) atoms. The number of benzene rings is 3. The van der Waals surface area contributed by atoms with E-state index in [0.29, 0.717) is 0 Å². The fourth-order valence-electron chi connectivity index (χ4n) is 2.07. The molecule has 0 spiro atoms. The third-order valence-corrected chi connectivity index (χ3v) is 3.86. The van der Waals surface area contributed by atoms with Gasteiger partial charge in [-0.1, -0.05) is 89.5 Å². The summed E-state index contributed by atoms with van der Waals surface area (Å²) in [5.41, 5.74) is 3.82. The summed E-state index contributed by atoms with van der Waals surface area (Å²) in [4.78, 5) is 30.6. The molecule has 158 valence electrons. The first-order chi connectivity index (χ1) is 14.1. The predicted molar refractivity (Wildman–Crippen MR) is 112 cm³/mol. The monoisotopic (exact) mass is 526 g/mol. The van der Waals surface area contributed by atoms with E-state index in [1.165, 1.54) is 36.4 Å². The van der Waals surface area contributed by atoms with Crippen LogP contribution in [0.1, 0.15) is 47.8 Å². The van der Waals surface area contributed by atoms with Gasteiger partial charge in [-0.2, -0.15) is 0 Å².